The van der Waals surface area contributed by atoms with Gasteiger partial charge in [0.1, 0.15) is 6.10 Å². The lowest BCUT2D eigenvalue weighted by Gasteiger charge is -2.15. The summed E-state index contributed by atoms with van der Waals surface area (Å²) in [6.07, 6.45) is 4.40. The molecule has 0 spiro atoms. The lowest BCUT2D eigenvalue weighted by atomic mass is 10.1. The second kappa shape index (κ2) is 4.66. The van der Waals surface area contributed by atoms with Crippen LogP contribution in [0, 0.1) is 5.82 Å². The standard InChI is InChI=1S/C14H15FN2O2/c1-19-12-4-2-3-10(13(12)15)14(18)11-7-16-8-17(11)9-5-6-9/h2-4,7-9,14,18H,5-6H2,1H3. The van der Waals surface area contributed by atoms with Crippen molar-refractivity contribution in [2.45, 2.75) is 25.0 Å². The van der Waals surface area contributed by atoms with Gasteiger partial charge in [0, 0.05) is 11.6 Å². The Labute approximate surface area is 110 Å². The molecule has 1 aromatic heterocycles. The van der Waals surface area contributed by atoms with Crippen LogP contribution in [0.3, 0.4) is 0 Å². The van der Waals surface area contributed by atoms with E-state index in [4.69, 9.17) is 4.74 Å². The smallest absolute Gasteiger partial charge is 0.171 e. The number of methoxy groups -OCH3 is 1. The summed E-state index contributed by atoms with van der Waals surface area (Å²) in [5.74, 6) is -0.393. The zero-order chi connectivity index (χ0) is 13.4. The van der Waals surface area contributed by atoms with Gasteiger partial charge in [-0.05, 0) is 18.9 Å². The molecule has 1 aromatic carbocycles. The van der Waals surface area contributed by atoms with Crippen LogP contribution in [0.5, 0.6) is 5.75 Å². The normalized spacial score (nSPS) is 16.4. The molecule has 0 radical (unpaired) electrons. The molecule has 0 saturated heterocycles. The van der Waals surface area contributed by atoms with Gasteiger partial charge in [-0.1, -0.05) is 12.1 Å². The maximum absolute atomic E-state index is 14.1. The Bertz CT molecular complexity index is 593. The highest BCUT2D eigenvalue weighted by atomic mass is 19.1. The second-order valence-corrected chi connectivity index (χ2v) is 4.72. The highest BCUT2D eigenvalue weighted by molar-refractivity contribution is 5.35. The molecule has 100 valence electrons. The number of halogens is 1. The summed E-state index contributed by atoms with van der Waals surface area (Å²) in [7, 11) is 1.41. The van der Waals surface area contributed by atoms with E-state index in [0.717, 1.165) is 12.8 Å². The van der Waals surface area contributed by atoms with Crippen LogP contribution in [0.1, 0.15) is 36.2 Å². The molecule has 19 heavy (non-hydrogen) atoms. The number of hydrogen-bond acceptors (Lipinski definition) is 3. The monoisotopic (exact) mass is 262 g/mol. The fourth-order valence-electron chi connectivity index (χ4n) is 2.24. The summed E-state index contributed by atoms with van der Waals surface area (Å²) in [5.41, 5.74) is 0.830. The van der Waals surface area contributed by atoms with Crippen molar-refractivity contribution in [3.63, 3.8) is 0 Å². The van der Waals surface area contributed by atoms with E-state index < -0.39 is 11.9 Å². The second-order valence-electron chi connectivity index (χ2n) is 4.72. The highest BCUT2D eigenvalue weighted by Gasteiger charge is 2.29. The topological polar surface area (TPSA) is 47.3 Å². The van der Waals surface area contributed by atoms with Gasteiger partial charge >= 0.3 is 0 Å². The zero-order valence-corrected chi connectivity index (χ0v) is 10.6. The minimum atomic E-state index is -1.03. The summed E-state index contributed by atoms with van der Waals surface area (Å²) >= 11 is 0. The molecule has 1 fully saturated rings. The van der Waals surface area contributed by atoms with Gasteiger partial charge < -0.3 is 14.4 Å². The van der Waals surface area contributed by atoms with Crippen LogP contribution >= 0.6 is 0 Å². The number of ether oxygens (including phenoxy) is 1. The van der Waals surface area contributed by atoms with Crippen LogP contribution in [-0.4, -0.2) is 21.8 Å². The third kappa shape index (κ3) is 2.10. The summed E-state index contributed by atoms with van der Waals surface area (Å²) in [4.78, 5) is 4.05. The Kier molecular flexibility index (Phi) is 2.98. The van der Waals surface area contributed by atoms with Gasteiger partial charge in [0.15, 0.2) is 11.6 Å². The SMILES string of the molecule is COc1cccc(C(O)c2cncn2C2CC2)c1F. The lowest BCUT2D eigenvalue weighted by Crippen LogP contribution is -2.09. The zero-order valence-electron chi connectivity index (χ0n) is 10.6. The maximum atomic E-state index is 14.1. The number of aromatic nitrogens is 2. The first kappa shape index (κ1) is 12.2. The van der Waals surface area contributed by atoms with Crippen molar-refractivity contribution >= 4 is 0 Å². The number of rotatable bonds is 4. The van der Waals surface area contributed by atoms with Gasteiger partial charge in [-0.15, -0.1) is 0 Å². The summed E-state index contributed by atoms with van der Waals surface area (Å²) in [5, 5.41) is 10.4. The molecule has 1 aliphatic rings. The lowest BCUT2D eigenvalue weighted by molar-refractivity contribution is 0.203. The van der Waals surface area contributed by atoms with Crippen LogP contribution in [0.2, 0.25) is 0 Å². The summed E-state index contributed by atoms with van der Waals surface area (Å²) < 4.78 is 21.0. The minimum Gasteiger partial charge on any atom is -0.494 e. The van der Waals surface area contributed by atoms with E-state index in [1.165, 1.54) is 13.2 Å². The van der Waals surface area contributed by atoms with Crippen LogP contribution < -0.4 is 4.74 Å². The molecule has 1 heterocycles. The van der Waals surface area contributed by atoms with Crippen molar-refractivity contribution in [1.29, 1.82) is 0 Å². The van der Waals surface area contributed by atoms with E-state index in [9.17, 15) is 9.50 Å². The van der Waals surface area contributed by atoms with Crippen molar-refractivity contribution in [3.8, 4) is 5.75 Å². The van der Waals surface area contributed by atoms with Gasteiger partial charge in [0.25, 0.3) is 0 Å². The number of benzene rings is 1. The van der Waals surface area contributed by atoms with Gasteiger partial charge in [-0.2, -0.15) is 0 Å². The molecule has 1 aliphatic carbocycles. The highest BCUT2D eigenvalue weighted by Crippen LogP contribution is 2.38. The molecule has 1 atom stereocenters. The van der Waals surface area contributed by atoms with Crippen LogP contribution in [0.25, 0.3) is 0 Å². The fraction of sp³-hybridized carbons (Fsp3) is 0.357. The molecule has 5 heteroatoms. The van der Waals surface area contributed by atoms with Crippen molar-refractivity contribution in [2.75, 3.05) is 7.11 Å². The molecule has 1 saturated carbocycles. The summed E-state index contributed by atoms with van der Waals surface area (Å²) in [6.45, 7) is 0. The Morgan fingerprint density at radius 3 is 2.95 bits per heavy atom. The molecule has 1 N–H and O–H groups in total. The van der Waals surface area contributed by atoms with Gasteiger partial charge in [0.2, 0.25) is 0 Å². The Morgan fingerprint density at radius 2 is 2.26 bits per heavy atom. The molecular formula is C14H15FN2O2. The van der Waals surface area contributed by atoms with E-state index in [1.807, 2.05) is 4.57 Å². The predicted octanol–water partition coefficient (Wildman–Crippen LogP) is 2.45. The van der Waals surface area contributed by atoms with E-state index in [0.29, 0.717) is 11.7 Å². The number of aliphatic hydroxyl groups excluding tert-OH is 1. The molecule has 0 aliphatic heterocycles. The third-order valence-electron chi connectivity index (χ3n) is 3.42. The molecule has 0 amide bonds. The first-order valence-electron chi connectivity index (χ1n) is 6.24. The van der Waals surface area contributed by atoms with Crippen LogP contribution in [0.4, 0.5) is 4.39 Å². The van der Waals surface area contributed by atoms with Crippen LogP contribution in [-0.2, 0) is 0 Å². The number of nitrogens with zero attached hydrogens (tertiary/aromatic N) is 2. The Morgan fingerprint density at radius 1 is 1.47 bits per heavy atom. The maximum Gasteiger partial charge on any atom is 0.171 e. The first-order chi connectivity index (χ1) is 9.22. The minimum absolute atomic E-state index is 0.133. The van der Waals surface area contributed by atoms with E-state index in [-0.39, 0.29) is 11.3 Å². The van der Waals surface area contributed by atoms with E-state index in [2.05, 4.69) is 4.98 Å². The first-order valence-corrected chi connectivity index (χ1v) is 6.24. The Hall–Kier alpha value is -1.88. The van der Waals surface area contributed by atoms with Crippen LogP contribution in [0.15, 0.2) is 30.7 Å². The van der Waals surface area contributed by atoms with Crippen molar-refractivity contribution < 1.29 is 14.2 Å². The van der Waals surface area contributed by atoms with Gasteiger partial charge in [-0.3, -0.25) is 0 Å². The molecule has 4 nitrogen and oxygen atoms in total. The molecule has 2 aromatic rings. The van der Waals surface area contributed by atoms with E-state index in [1.54, 1.807) is 24.7 Å². The molecule has 0 bridgehead atoms. The fourth-order valence-corrected chi connectivity index (χ4v) is 2.24. The largest absolute Gasteiger partial charge is 0.494 e. The average molecular weight is 262 g/mol. The van der Waals surface area contributed by atoms with Crippen molar-refractivity contribution in [2.24, 2.45) is 0 Å². The van der Waals surface area contributed by atoms with Gasteiger partial charge in [0.05, 0.1) is 25.3 Å². The average Bonchev–Trinajstić information content (AvgIpc) is 3.16. The number of imidazole rings is 1. The third-order valence-corrected chi connectivity index (χ3v) is 3.42. The van der Waals surface area contributed by atoms with E-state index >= 15 is 0 Å². The van der Waals surface area contributed by atoms with Crippen molar-refractivity contribution in [1.82, 2.24) is 9.55 Å². The quantitative estimate of drug-likeness (QED) is 0.920. The molecule has 1 unspecified atom stereocenters. The summed E-state index contributed by atoms with van der Waals surface area (Å²) in [6, 6.07) is 5.15. The predicted molar refractivity (Wildman–Crippen MR) is 67.5 cm³/mol. The molecule has 3 rings (SSSR count). The molecular weight excluding hydrogens is 247 g/mol. The van der Waals surface area contributed by atoms with Crippen molar-refractivity contribution in [3.05, 3.63) is 47.8 Å². The van der Waals surface area contributed by atoms with Gasteiger partial charge in [-0.25, -0.2) is 9.37 Å². The number of hydrogen-bond donors (Lipinski definition) is 1. The Balaban J connectivity index is 1.99. The number of aliphatic hydroxyl groups is 1.